The van der Waals surface area contributed by atoms with Gasteiger partial charge in [0.1, 0.15) is 47.5 Å². The molecule has 0 unspecified atom stereocenters. The van der Waals surface area contributed by atoms with Crippen molar-refractivity contribution in [2.45, 2.75) is 31.4 Å². The number of rotatable bonds is 22. The molecule has 0 aliphatic rings. The maximum atomic E-state index is 13.0. The Labute approximate surface area is 568 Å². The van der Waals surface area contributed by atoms with E-state index in [1.165, 1.54) is 29.2 Å². The van der Waals surface area contributed by atoms with Crippen LogP contribution < -0.4 is 169 Å². The molecule has 1 aromatic heterocycles. The van der Waals surface area contributed by atoms with Gasteiger partial charge < -0.3 is 49.1 Å². The topological polar surface area (TPSA) is 510 Å². The molecule has 0 spiro atoms. The second-order valence-corrected chi connectivity index (χ2v) is 25.2. The van der Waals surface area contributed by atoms with Crippen molar-refractivity contribution in [1.82, 2.24) is 15.0 Å². The Bertz CT molecular complexity index is 4120. The van der Waals surface area contributed by atoms with E-state index in [1.807, 2.05) is 0 Å². The van der Waals surface area contributed by atoms with Crippen molar-refractivity contribution < 1.29 is 243 Å². The number of hydrogen-bond donors (Lipinski definition) is 4. The van der Waals surface area contributed by atoms with Gasteiger partial charge in [0.05, 0.1) is 60.3 Å². The molecule has 0 aliphatic carbocycles. The fourth-order valence-electron chi connectivity index (χ4n) is 6.53. The van der Waals surface area contributed by atoms with Crippen molar-refractivity contribution in [2.75, 3.05) is 52.5 Å². The van der Waals surface area contributed by atoms with Crippen molar-refractivity contribution >= 4 is 134 Å². The summed E-state index contributed by atoms with van der Waals surface area (Å²) in [6.45, 7) is -0.417. The van der Waals surface area contributed by atoms with Crippen LogP contribution in [-0.4, -0.2) is 133 Å². The maximum Gasteiger partial charge on any atom is 1.00 e. The molecule has 1 heterocycles. The monoisotopic (exact) mass is 1290 g/mol. The van der Waals surface area contributed by atoms with Crippen LogP contribution in [0.5, 0.6) is 5.75 Å². The number of nitrogens with one attached hydrogen (secondary N) is 2. The molecule has 0 amide bonds. The van der Waals surface area contributed by atoms with E-state index in [-0.39, 0.29) is 188 Å². The molecular weight excluding hydrogens is 1260 g/mol. The fourth-order valence-corrected chi connectivity index (χ4v) is 11.3. The molecule has 0 bridgehead atoms. The van der Waals surface area contributed by atoms with Gasteiger partial charge in [-0.1, -0.05) is 6.07 Å². The molecule has 5 aromatic carbocycles. The minimum atomic E-state index is -5.53. The number of benzene rings is 5. The minimum absolute atomic E-state index is 0. The Hall–Kier alpha value is -1.66. The SMILES string of the molecule is CCN(c1ccc(S(=O)(=O)CCOS(=O)(=O)[O-])cc1)c1nc(Nc2cccc(S(=O)(=O)CCOS(=O)(=O)[O-])c2)nc(Nc2ccc(S(=O)(=O)[O-])c(N=Nc3c(N)c(S(=O)(=O)[O-])cc4cc(S(=O)(=O)[O-])cc(O)c34)c2)n1.[Na+].[Na+].[Na+].[Na+].[Na+]. The van der Waals surface area contributed by atoms with E-state index in [1.54, 1.807) is 6.92 Å². The van der Waals surface area contributed by atoms with Crippen LogP contribution in [0.15, 0.2) is 120 Å². The summed E-state index contributed by atoms with van der Waals surface area (Å²) in [7, 11) is -35.3. The van der Waals surface area contributed by atoms with Gasteiger partial charge in [0.15, 0.2) is 19.7 Å². The van der Waals surface area contributed by atoms with Crippen LogP contribution >= 0.6 is 0 Å². The standard InChI is InChI=1S/C37H37N9O22S7.5Na/c1-2-46(24-7-9-25(10-8-24)69(48,49)14-12-67-74(61,62)63)37-42-35(39-22-4-3-5-26(18-22)70(50,51)15-13-68-75(64,65)66)41-36(43-37)40-23-6-11-30(72(55,56)57)28(19-23)44-45-34-32-21(17-31(33(34)38)73(58,59)60)16-27(20-29(32)47)71(52,53)54;;;;;/h3-11,16-20,47H,2,12-15,38H2,1H3,(H,52,53,54)(H,55,56,57)(H,58,59,60)(H,61,62,63)(H,64,65,66)(H2,39,40,41,42,43);;;;;/q;5*+1/p-5. The first-order chi connectivity index (χ1) is 34.5. The Morgan fingerprint density at radius 2 is 1.09 bits per heavy atom. The zero-order valence-electron chi connectivity index (χ0n) is 42.3. The molecule has 31 nitrogen and oxygen atoms in total. The number of nitrogen functional groups attached to an aromatic ring is 1. The molecule has 6 rings (SSSR count). The van der Waals surface area contributed by atoms with Crippen LogP contribution in [0.1, 0.15) is 6.92 Å². The third-order valence-electron chi connectivity index (χ3n) is 9.76. The largest absolute Gasteiger partial charge is 1.00 e. The molecule has 6 aromatic rings. The van der Waals surface area contributed by atoms with E-state index in [0.29, 0.717) is 24.3 Å². The Balaban J connectivity index is 0.00000640. The van der Waals surface area contributed by atoms with Gasteiger partial charge >= 0.3 is 148 Å². The zero-order chi connectivity index (χ0) is 55.7. The Kier molecular flexibility index (Phi) is 28.7. The van der Waals surface area contributed by atoms with Gasteiger partial charge in [-0.15, -0.1) is 10.2 Å². The molecule has 0 aliphatic heterocycles. The van der Waals surface area contributed by atoms with Crippen molar-refractivity contribution in [3.63, 3.8) is 0 Å². The Morgan fingerprint density at radius 1 is 0.575 bits per heavy atom. The summed E-state index contributed by atoms with van der Waals surface area (Å²) in [5.74, 6) is -3.99. The van der Waals surface area contributed by atoms with Crippen molar-refractivity contribution in [2.24, 2.45) is 10.2 Å². The van der Waals surface area contributed by atoms with Crippen LogP contribution in [0.4, 0.5) is 52.0 Å². The van der Waals surface area contributed by atoms with Gasteiger partial charge in [-0.2, -0.15) is 15.0 Å². The molecule has 5 N–H and O–H groups in total. The van der Waals surface area contributed by atoms with Gasteiger partial charge in [-0.3, -0.25) is 8.37 Å². The van der Waals surface area contributed by atoms with Gasteiger partial charge in [-0.05, 0) is 91.2 Å². The molecule has 80 heavy (non-hydrogen) atoms. The van der Waals surface area contributed by atoms with E-state index in [2.05, 4.69) is 44.2 Å². The van der Waals surface area contributed by atoms with E-state index in [9.17, 15) is 86.8 Å². The molecule has 0 fully saturated rings. The number of fused-ring (bicyclic) bond motifs is 1. The van der Waals surface area contributed by atoms with E-state index < -0.39 is 155 Å². The summed E-state index contributed by atoms with van der Waals surface area (Å²) in [6, 6.07) is 13.7. The second kappa shape index (κ2) is 30.1. The van der Waals surface area contributed by atoms with E-state index >= 15 is 0 Å². The average Bonchev–Trinajstić information content (AvgIpc) is 3.27. The number of azo groups is 1. The number of phenols is 1. The summed E-state index contributed by atoms with van der Waals surface area (Å²) in [5.41, 5.74) is 3.17. The predicted molar refractivity (Wildman–Crippen MR) is 252 cm³/mol. The van der Waals surface area contributed by atoms with Gasteiger partial charge in [-0.25, -0.2) is 58.9 Å². The molecule has 404 valence electrons. The van der Waals surface area contributed by atoms with Crippen LogP contribution in [0, 0.1) is 0 Å². The zero-order valence-corrected chi connectivity index (χ0v) is 58.0. The smallest absolute Gasteiger partial charge is 0.744 e. The van der Waals surface area contributed by atoms with E-state index in [0.717, 1.165) is 36.4 Å². The van der Waals surface area contributed by atoms with Gasteiger partial charge in [0.25, 0.3) is 0 Å². The molecule has 43 heteroatoms. The summed E-state index contributed by atoms with van der Waals surface area (Å²) in [6.07, 6.45) is 0. The van der Waals surface area contributed by atoms with Gasteiger partial charge in [0.2, 0.25) is 38.6 Å². The minimum Gasteiger partial charge on any atom is -0.744 e. The Morgan fingerprint density at radius 3 is 1.57 bits per heavy atom. The quantitative estimate of drug-likeness (QED) is 0.0161. The first-order valence-electron chi connectivity index (χ1n) is 20.0. The second-order valence-electron chi connectivity index (χ2n) is 14.8. The molecule has 0 saturated carbocycles. The summed E-state index contributed by atoms with van der Waals surface area (Å²) < 4.78 is 234. The number of sulfone groups is 2. The van der Waals surface area contributed by atoms with Crippen molar-refractivity contribution in [3.8, 4) is 5.75 Å². The molecule has 0 radical (unpaired) electrons. The van der Waals surface area contributed by atoms with Crippen LogP contribution in [0.3, 0.4) is 0 Å². The van der Waals surface area contributed by atoms with E-state index in [4.69, 9.17) is 5.73 Å². The first kappa shape index (κ1) is 76.4. The number of hydrogen-bond acceptors (Lipinski definition) is 31. The summed E-state index contributed by atoms with van der Waals surface area (Å²) in [4.78, 5) is 10.3. The third kappa shape index (κ3) is 20.8. The molecular formula is C37H32N9Na5O22S7. The van der Waals surface area contributed by atoms with Crippen LogP contribution in [0.25, 0.3) is 10.8 Å². The van der Waals surface area contributed by atoms with Crippen LogP contribution in [0.2, 0.25) is 0 Å². The number of nitrogens with two attached hydrogens (primary N) is 1. The maximum absolute atomic E-state index is 13.0. The van der Waals surface area contributed by atoms with Crippen LogP contribution in [-0.2, 0) is 79.2 Å². The predicted octanol–water partition coefficient (Wildman–Crippen LogP) is -13.4. The number of aromatic hydroxyl groups is 1. The number of nitrogens with zero attached hydrogens (tertiary/aromatic N) is 6. The fraction of sp³-hybridized carbons (Fsp3) is 0.162. The average molecular weight is 1290 g/mol. The van der Waals surface area contributed by atoms with Crippen molar-refractivity contribution in [1.29, 1.82) is 0 Å². The van der Waals surface area contributed by atoms with Gasteiger partial charge in [0, 0.05) is 23.6 Å². The number of phenolic OH excluding ortho intramolecular Hbond substituents is 1. The molecule has 0 atom stereocenters. The normalized spacial score (nSPS) is 12.2. The third-order valence-corrected chi connectivity index (χ3v) is 16.6. The van der Waals surface area contributed by atoms with Crippen molar-refractivity contribution in [3.05, 3.63) is 84.9 Å². The summed E-state index contributed by atoms with van der Waals surface area (Å²) in [5, 5.41) is 22.5. The first-order valence-corrected chi connectivity index (χ1v) is 30.2. The number of anilines is 7. The molecule has 0 saturated heterocycles. The summed E-state index contributed by atoms with van der Waals surface area (Å²) >= 11 is 0. The number of aromatic nitrogens is 3.